The molecule has 1 aromatic rings. The highest BCUT2D eigenvalue weighted by molar-refractivity contribution is 8.13. The minimum absolute atomic E-state index is 0.106. The Bertz CT molecular complexity index is 577. The molecule has 0 aromatic heterocycles. The normalized spacial score (nSPS) is 11.5. The molecule has 0 spiro atoms. The Kier molecular flexibility index (Phi) is 4.75. The number of esters is 1. The highest BCUT2D eigenvalue weighted by atomic mass is 35.7. The van der Waals surface area contributed by atoms with E-state index < -0.39 is 15.0 Å². The van der Waals surface area contributed by atoms with Crippen LogP contribution in [0.4, 0.5) is 0 Å². The second-order valence-corrected chi connectivity index (χ2v) is 5.73. The number of ether oxygens (including phenoxy) is 2. The fourth-order valence-corrected chi connectivity index (χ4v) is 2.29. The smallest absolute Gasteiger partial charge is 0.330 e. The van der Waals surface area contributed by atoms with E-state index in [1.54, 1.807) is 0 Å². The van der Waals surface area contributed by atoms with Gasteiger partial charge in [-0.2, -0.15) is 0 Å². The maximum atomic E-state index is 11.3. The van der Waals surface area contributed by atoms with Crippen molar-refractivity contribution in [1.29, 1.82) is 0 Å². The molecule has 0 aliphatic heterocycles. The van der Waals surface area contributed by atoms with Gasteiger partial charge in [-0.3, -0.25) is 0 Å². The highest BCUT2D eigenvalue weighted by Crippen LogP contribution is 2.25. The van der Waals surface area contributed by atoms with Gasteiger partial charge < -0.3 is 9.47 Å². The summed E-state index contributed by atoms with van der Waals surface area (Å²) in [5.74, 6) is -0.153. The third-order valence-corrected chi connectivity index (χ3v) is 3.48. The van der Waals surface area contributed by atoms with Crippen LogP contribution in [-0.4, -0.2) is 28.6 Å². The van der Waals surface area contributed by atoms with E-state index in [4.69, 9.17) is 15.4 Å². The molecule has 0 saturated heterocycles. The zero-order valence-corrected chi connectivity index (χ0v) is 11.3. The first kappa shape index (κ1) is 14.5. The highest BCUT2D eigenvalue weighted by Gasteiger charge is 2.15. The largest absolute Gasteiger partial charge is 0.497 e. The van der Waals surface area contributed by atoms with E-state index >= 15 is 0 Å². The molecule has 0 radical (unpaired) electrons. The summed E-state index contributed by atoms with van der Waals surface area (Å²) < 4.78 is 32.1. The first-order valence-corrected chi connectivity index (χ1v) is 7.08. The number of hydrogen-bond donors (Lipinski definition) is 0. The van der Waals surface area contributed by atoms with Gasteiger partial charge in [-0.05, 0) is 29.8 Å². The van der Waals surface area contributed by atoms with Crippen molar-refractivity contribution in [3.8, 4) is 5.75 Å². The lowest BCUT2D eigenvalue weighted by Gasteiger charge is -2.05. The molecule has 0 aliphatic rings. The molecule has 0 aliphatic carbocycles. The molecule has 0 fully saturated rings. The molecule has 5 nitrogen and oxygen atoms in total. The van der Waals surface area contributed by atoms with E-state index in [1.807, 2.05) is 0 Å². The van der Waals surface area contributed by atoms with Gasteiger partial charge in [0, 0.05) is 16.8 Å². The topological polar surface area (TPSA) is 69.7 Å². The van der Waals surface area contributed by atoms with Gasteiger partial charge in [0.15, 0.2) is 0 Å². The number of carbonyl (C=O) groups excluding carboxylic acids is 1. The Balaban J connectivity index is 3.29. The molecule has 1 aromatic carbocycles. The van der Waals surface area contributed by atoms with Crippen molar-refractivity contribution in [2.24, 2.45) is 0 Å². The molecule has 7 heteroatoms. The van der Waals surface area contributed by atoms with Crippen molar-refractivity contribution in [3.05, 3.63) is 29.8 Å². The van der Waals surface area contributed by atoms with Crippen LogP contribution in [-0.2, 0) is 18.6 Å². The van der Waals surface area contributed by atoms with Gasteiger partial charge in [0.2, 0.25) is 0 Å². The van der Waals surface area contributed by atoms with Gasteiger partial charge in [0.25, 0.3) is 9.05 Å². The fraction of sp³-hybridized carbons (Fsp3) is 0.182. The third-order valence-electron chi connectivity index (χ3n) is 2.08. The van der Waals surface area contributed by atoms with Gasteiger partial charge in [-0.25, -0.2) is 13.2 Å². The lowest BCUT2D eigenvalue weighted by atomic mass is 10.2. The van der Waals surface area contributed by atoms with E-state index in [9.17, 15) is 13.2 Å². The van der Waals surface area contributed by atoms with Crippen molar-refractivity contribution in [2.75, 3.05) is 14.2 Å². The van der Waals surface area contributed by atoms with Crippen molar-refractivity contribution in [2.45, 2.75) is 4.90 Å². The third kappa shape index (κ3) is 3.75. The van der Waals surface area contributed by atoms with E-state index in [2.05, 4.69) is 4.74 Å². The number of rotatable bonds is 4. The van der Waals surface area contributed by atoms with E-state index in [-0.39, 0.29) is 10.5 Å². The predicted octanol–water partition coefficient (Wildman–Crippen LogP) is 1.81. The van der Waals surface area contributed by atoms with Crippen molar-refractivity contribution < 1.29 is 22.7 Å². The Labute approximate surface area is 109 Å². The van der Waals surface area contributed by atoms with Gasteiger partial charge in [-0.15, -0.1) is 0 Å². The van der Waals surface area contributed by atoms with Crippen LogP contribution in [0.2, 0.25) is 0 Å². The number of methoxy groups -OCH3 is 2. The molecular weight excluding hydrogens is 280 g/mol. The number of hydrogen-bond acceptors (Lipinski definition) is 5. The van der Waals surface area contributed by atoms with E-state index in [0.29, 0.717) is 5.75 Å². The molecule has 0 unspecified atom stereocenters. The molecule has 0 amide bonds. The molecule has 0 bridgehead atoms. The molecule has 0 heterocycles. The van der Waals surface area contributed by atoms with Gasteiger partial charge in [-0.1, -0.05) is 0 Å². The molecule has 0 atom stereocenters. The predicted molar refractivity (Wildman–Crippen MR) is 67.1 cm³/mol. The van der Waals surface area contributed by atoms with Gasteiger partial charge >= 0.3 is 5.97 Å². The number of halogens is 1. The summed E-state index contributed by atoms with van der Waals surface area (Å²) in [6.07, 6.45) is 2.39. The zero-order chi connectivity index (χ0) is 13.8. The summed E-state index contributed by atoms with van der Waals surface area (Å²) in [5.41, 5.74) is 0.245. The Morgan fingerprint density at radius 3 is 2.50 bits per heavy atom. The van der Waals surface area contributed by atoms with Crippen LogP contribution in [0.15, 0.2) is 29.2 Å². The molecular formula is C11H11ClO5S. The van der Waals surface area contributed by atoms with Crippen LogP contribution in [0.25, 0.3) is 6.08 Å². The summed E-state index contributed by atoms with van der Waals surface area (Å²) >= 11 is 0. The van der Waals surface area contributed by atoms with Crippen molar-refractivity contribution in [3.63, 3.8) is 0 Å². The summed E-state index contributed by atoms with van der Waals surface area (Å²) in [4.78, 5) is 10.9. The van der Waals surface area contributed by atoms with Crippen LogP contribution < -0.4 is 4.74 Å². The maximum Gasteiger partial charge on any atom is 0.330 e. The van der Waals surface area contributed by atoms with E-state index in [0.717, 1.165) is 6.08 Å². The Morgan fingerprint density at radius 1 is 1.33 bits per heavy atom. The van der Waals surface area contributed by atoms with Crippen LogP contribution in [0.3, 0.4) is 0 Å². The average Bonchev–Trinajstić information content (AvgIpc) is 2.34. The number of carbonyl (C=O) groups is 1. The Hall–Kier alpha value is -1.53. The van der Waals surface area contributed by atoms with Gasteiger partial charge in [0.05, 0.1) is 19.1 Å². The first-order chi connectivity index (χ1) is 8.38. The lowest BCUT2D eigenvalue weighted by Crippen LogP contribution is -1.97. The lowest BCUT2D eigenvalue weighted by molar-refractivity contribution is -0.134. The second kappa shape index (κ2) is 5.88. The second-order valence-electron chi connectivity index (χ2n) is 3.20. The summed E-state index contributed by atoms with van der Waals surface area (Å²) in [6.45, 7) is 0. The maximum absolute atomic E-state index is 11.3. The standard InChI is InChI=1S/C11H11ClO5S/c1-16-9-4-5-10(18(12,14)15)8(7-9)3-6-11(13)17-2/h3-7H,1-2H3/b6-3+. The Morgan fingerprint density at radius 2 is 2.00 bits per heavy atom. The fourth-order valence-electron chi connectivity index (χ4n) is 1.23. The van der Waals surface area contributed by atoms with Crippen LogP contribution >= 0.6 is 10.7 Å². The van der Waals surface area contributed by atoms with Crippen molar-refractivity contribution >= 4 is 31.8 Å². The summed E-state index contributed by atoms with van der Waals surface area (Å²) in [5, 5.41) is 0. The summed E-state index contributed by atoms with van der Waals surface area (Å²) in [7, 11) is 4.05. The van der Waals surface area contributed by atoms with Crippen LogP contribution in [0.1, 0.15) is 5.56 Å². The monoisotopic (exact) mass is 290 g/mol. The molecule has 98 valence electrons. The van der Waals surface area contributed by atoms with E-state index in [1.165, 1.54) is 38.5 Å². The summed E-state index contributed by atoms with van der Waals surface area (Å²) in [6, 6.07) is 4.22. The van der Waals surface area contributed by atoms with Crippen LogP contribution in [0.5, 0.6) is 5.75 Å². The van der Waals surface area contributed by atoms with Crippen molar-refractivity contribution in [1.82, 2.24) is 0 Å². The number of benzene rings is 1. The molecule has 0 saturated carbocycles. The molecule has 0 N–H and O–H groups in total. The molecule has 1 rings (SSSR count). The minimum Gasteiger partial charge on any atom is -0.497 e. The minimum atomic E-state index is -3.90. The quantitative estimate of drug-likeness (QED) is 0.480. The van der Waals surface area contributed by atoms with Crippen LogP contribution in [0, 0.1) is 0 Å². The molecule has 18 heavy (non-hydrogen) atoms. The average molecular weight is 291 g/mol. The zero-order valence-electron chi connectivity index (χ0n) is 9.71. The first-order valence-electron chi connectivity index (χ1n) is 4.77. The van der Waals surface area contributed by atoms with Gasteiger partial charge in [0.1, 0.15) is 5.75 Å². The SMILES string of the molecule is COC(=O)/C=C/c1cc(OC)ccc1S(=O)(=O)Cl.